The molecule has 0 spiro atoms. The molecule has 0 unspecified atom stereocenters. The van der Waals surface area contributed by atoms with Crippen LogP contribution in [0.2, 0.25) is 5.02 Å². The number of amides is 1. The number of halogens is 1. The first-order chi connectivity index (χ1) is 12.0. The van der Waals surface area contributed by atoms with Crippen LogP contribution in [0.3, 0.4) is 0 Å². The number of imidazole rings is 1. The van der Waals surface area contributed by atoms with E-state index in [1.807, 2.05) is 29.7 Å². The molecule has 5 nitrogen and oxygen atoms in total. The lowest BCUT2D eigenvalue weighted by molar-refractivity contribution is 0.102. The van der Waals surface area contributed by atoms with Crippen molar-refractivity contribution in [3.05, 3.63) is 58.5 Å². The number of rotatable bonds is 5. The van der Waals surface area contributed by atoms with Crippen molar-refractivity contribution in [3.63, 3.8) is 0 Å². The molecule has 0 saturated heterocycles. The Bertz CT molecular complexity index is 934. The SMILES string of the molecule is CCCc1nc2ccc(C)cn2c1C(=O)Nc1ccc(OC)c(Cl)c1. The van der Waals surface area contributed by atoms with Crippen LogP contribution in [-0.4, -0.2) is 22.4 Å². The molecule has 2 heterocycles. The molecule has 1 N–H and O–H groups in total. The molecule has 1 amide bonds. The van der Waals surface area contributed by atoms with Crippen LogP contribution in [0.1, 0.15) is 35.1 Å². The van der Waals surface area contributed by atoms with Gasteiger partial charge < -0.3 is 10.1 Å². The minimum atomic E-state index is -0.206. The monoisotopic (exact) mass is 357 g/mol. The van der Waals surface area contributed by atoms with Crippen LogP contribution in [0, 0.1) is 6.92 Å². The minimum absolute atomic E-state index is 0.206. The number of carbonyl (C=O) groups excluding carboxylic acids is 1. The molecule has 0 bridgehead atoms. The second kappa shape index (κ2) is 7.15. The molecule has 0 fully saturated rings. The zero-order valence-electron chi connectivity index (χ0n) is 14.5. The van der Waals surface area contributed by atoms with E-state index < -0.39 is 0 Å². The van der Waals surface area contributed by atoms with Gasteiger partial charge >= 0.3 is 0 Å². The van der Waals surface area contributed by atoms with Gasteiger partial charge in [-0.2, -0.15) is 0 Å². The van der Waals surface area contributed by atoms with Gasteiger partial charge in [-0.05, 0) is 43.2 Å². The van der Waals surface area contributed by atoms with Crippen molar-refractivity contribution in [2.24, 2.45) is 0 Å². The summed E-state index contributed by atoms with van der Waals surface area (Å²) in [6, 6.07) is 9.07. The number of hydrogen-bond donors (Lipinski definition) is 1. The largest absolute Gasteiger partial charge is 0.495 e. The number of aromatic nitrogens is 2. The fraction of sp³-hybridized carbons (Fsp3) is 0.263. The smallest absolute Gasteiger partial charge is 0.274 e. The van der Waals surface area contributed by atoms with Crippen molar-refractivity contribution >= 4 is 28.8 Å². The third-order valence-corrected chi connectivity index (χ3v) is 4.25. The number of ether oxygens (including phenoxy) is 1. The Kier molecular flexibility index (Phi) is 4.95. The maximum atomic E-state index is 12.9. The van der Waals surface area contributed by atoms with Gasteiger partial charge in [0.2, 0.25) is 0 Å². The number of hydrogen-bond acceptors (Lipinski definition) is 3. The number of fused-ring (bicyclic) bond motifs is 1. The first-order valence-electron chi connectivity index (χ1n) is 8.16. The van der Waals surface area contributed by atoms with E-state index in [2.05, 4.69) is 17.2 Å². The van der Waals surface area contributed by atoms with Gasteiger partial charge in [-0.15, -0.1) is 0 Å². The number of nitrogens with one attached hydrogen (secondary N) is 1. The Morgan fingerprint density at radius 3 is 2.80 bits per heavy atom. The molecule has 25 heavy (non-hydrogen) atoms. The molecule has 0 saturated carbocycles. The second-order valence-corrected chi connectivity index (χ2v) is 6.30. The molecular formula is C19H20ClN3O2. The van der Waals surface area contributed by atoms with Crippen molar-refractivity contribution in [1.82, 2.24) is 9.38 Å². The van der Waals surface area contributed by atoms with Gasteiger partial charge in [-0.1, -0.05) is 31.0 Å². The van der Waals surface area contributed by atoms with Crippen LogP contribution >= 0.6 is 11.6 Å². The van der Waals surface area contributed by atoms with Crippen molar-refractivity contribution in [3.8, 4) is 5.75 Å². The van der Waals surface area contributed by atoms with Crippen molar-refractivity contribution in [2.45, 2.75) is 26.7 Å². The zero-order valence-corrected chi connectivity index (χ0v) is 15.2. The molecule has 0 atom stereocenters. The zero-order chi connectivity index (χ0) is 18.0. The lowest BCUT2D eigenvalue weighted by atomic mass is 10.2. The van der Waals surface area contributed by atoms with Crippen molar-refractivity contribution in [2.75, 3.05) is 12.4 Å². The van der Waals surface area contributed by atoms with Crippen LogP contribution in [0.5, 0.6) is 5.75 Å². The Morgan fingerprint density at radius 1 is 1.32 bits per heavy atom. The fourth-order valence-corrected chi connectivity index (χ4v) is 3.04. The second-order valence-electron chi connectivity index (χ2n) is 5.90. The Hall–Kier alpha value is -2.53. The highest BCUT2D eigenvalue weighted by Gasteiger charge is 2.19. The first-order valence-corrected chi connectivity index (χ1v) is 8.53. The van der Waals surface area contributed by atoms with E-state index >= 15 is 0 Å². The van der Waals surface area contributed by atoms with Gasteiger partial charge in [0, 0.05) is 11.9 Å². The molecule has 0 aliphatic rings. The number of carbonyl (C=O) groups is 1. The standard InChI is InChI=1S/C19H20ClN3O2/c1-4-5-15-18(23-11-12(2)6-9-17(23)22-15)19(24)21-13-7-8-16(25-3)14(20)10-13/h6-11H,4-5H2,1-3H3,(H,21,24). The Balaban J connectivity index is 1.99. The molecule has 0 aliphatic carbocycles. The maximum absolute atomic E-state index is 12.9. The lowest BCUT2D eigenvalue weighted by Gasteiger charge is -2.09. The summed E-state index contributed by atoms with van der Waals surface area (Å²) in [6.07, 6.45) is 3.59. The molecule has 6 heteroatoms. The average Bonchev–Trinajstić information content (AvgIpc) is 2.92. The van der Waals surface area contributed by atoms with Crippen LogP contribution in [0.25, 0.3) is 5.65 Å². The predicted molar refractivity (Wildman–Crippen MR) is 99.9 cm³/mol. The fourth-order valence-electron chi connectivity index (χ4n) is 2.79. The molecule has 0 aliphatic heterocycles. The third kappa shape index (κ3) is 3.46. The number of anilines is 1. The van der Waals surface area contributed by atoms with Crippen LogP contribution in [0.15, 0.2) is 36.5 Å². The molecule has 3 aromatic rings. The summed E-state index contributed by atoms with van der Waals surface area (Å²) < 4.78 is 6.99. The normalized spacial score (nSPS) is 10.9. The summed E-state index contributed by atoms with van der Waals surface area (Å²) in [5.74, 6) is 0.361. The van der Waals surface area contributed by atoms with E-state index in [1.54, 1.807) is 25.3 Å². The number of benzene rings is 1. The molecular weight excluding hydrogens is 338 g/mol. The van der Waals surface area contributed by atoms with Crippen LogP contribution in [-0.2, 0) is 6.42 Å². The maximum Gasteiger partial charge on any atom is 0.274 e. The van der Waals surface area contributed by atoms with Crippen molar-refractivity contribution < 1.29 is 9.53 Å². The predicted octanol–water partition coefficient (Wildman–Crippen LogP) is 4.51. The highest BCUT2D eigenvalue weighted by molar-refractivity contribution is 6.32. The van der Waals surface area contributed by atoms with Gasteiger partial charge in [-0.3, -0.25) is 9.20 Å². The molecule has 1 aromatic carbocycles. The van der Waals surface area contributed by atoms with Gasteiger partial charge in [0.15, 0.2) is 0 Å². The van der Waals surface area contributed by atoms with E-state index in [4.69, 9.17) is 16.3 Å². The topological polar surface area (TPSA) is 55.6 Å². The van der Waals surface area contributed by atoms with Crippen LogP contribution in [0.4, 0.5) is 5.69 Å². The first kappa shape index (κ1) is 17.3. The summed E-state index contributed by atoms with van der Waals surface area (Å²) in [5, 5.41) is 3.35. The Labute approximate surface area is 151 Å². The highest BCUT2D eigenvalue weighted by atomic mass is 35.5. The van der Waals surface area contributed by atoms with E-state index in [0.717, 1.165) is 29.7 Å². The van der Waals surface area contributed by atoms with Gasteiger partial charge in [0.1, 0.15) is 17.1 Å². The quantitative estimate of drug-likeness (QED) is 0.731. The Morgan fingerprint density at radius 2 is 2.12 bits per heavy atom. The molecule has 0 radical (unpaired) electrons. The minimum Gasteiger partial charge on any atom is -0.495 e. The summed E-state index contributed by atoms with van der Waals surface area (Å²) in [4.78, 5) is 17.5. The molecule has 2 aromatic heterocycles. The summed E-state index contributed by atoms with van der Waals surface area (Å²) in [5.41, 5.74) is 3.81. The highest BCUT2D eigenvalue weighted by Crippen LogP contribution is 2.27. The molecule has 3 rings (SSSR count). The number of pyridine rings is 1. The van der Waals surface area contributed by atoms with Crippen LogP contribution < -0.4 is 10.1 Å². The van der Waals surface area contributed by atoms with Gasteiger partial charge in [0.25, 0.3) is 5.91 Å². The summed E-state index contributed by atoms with van der Waals surface area (Å²) in [6.45, 7) is 4.06. The van der Waals surface area contributed by atoms with E-state index in [9.17, 15) is 4.79 Å². The van der Waals surface area contributed by atoms with E-state index in [0.29, 0.717) is 22.2 Å². The summed E-state index contributed by atoms with van der Waals surface area (Å²) >= 11 is 6.14. The number of aryl methyl sites for hydroxylation is 2. The lowest BCUT2D eigenvalue weighted by Crippen LogP contribution is -2.16. The van der Waals surface area contributed by atoms with Crippen molar-refractivity contribution in [1.29, 1.82) is 0 Å². The summed E-state index contributed by atoms with van der Waals surface area (Å²) in [7, 11) is 1.55. The van der Waals surface area contributed by atoms with E-state index in [-0.39, 0.29) is 5.91 Å². The molecule has 130 valence electrons. The third-order valence-electron chi connectivity index (χ3n) is 3.95. The average molecular weight is 358 g/mol. The van der Waals surface area contributed by atoms with E-state index in [1.165, 1.54) is 0 Å². The number of nitrogens with zero attached hydrogens (tertiary/aromatic N) is 2. The van der Waals surface area contributed by atoms with Gasteiger partial charge in [-0.25, -0.2) is 4.98 Å². The number of methoxy groups -OCH3 is 1. The van der Waals surface area contributed by atoms with Gasteiger partial charge in [0.05, 0.1) is 17.8 Å².